The van der Waals surface area contributed by atoms with Gasteiger partial charge in [-0.2, -0.15) is 13.2 Å². The molecular formula is C9H9BrF3N. The SMILES string of the molecule is CC(C)c1nc(C(F)(F)F)ccc1Br. The van der Waals surface area contributed by atoms with E-state index in [1.807, 2.05) is 0 Å². The Hall–Kier alpha value is -0.580. The molecule has 0 N–H and O–H groups in total. The molecule has 0 saturated heterocycles. The Morgan fingerprint density at radius 3 is 2.29 bits per heavy atom. The number of aromatic nitrogens is 1. The van der Waals surface area contributed by atoms with Gasteiger partial charge in [-0.1, -0.05) is 13.8 Å². The number of pyridine rings is 1. The van der Waals surface area contributed by atoms with Crippen molar-refractivity contribution in [2.45, 2.75) is 25.9 Å². The van der Waals surface area contributed by atoms with Crippen molar-refractivity contribution in [2.75, 3.05) is 0 Å². The zero-order valence-electron chi connectivity index (χ0n) is 7.69. The van der Waals surface area contributed by atoms with E-state index >= 15 is 0 Å². The first-order valence-corrected chi connectivity index (χ1v) is 4.85. The highest BCUT2D eigenvalue weighted by atomic mass is 79.9. The van der Waals surface area contributed by atoms with Gasteiger partial charge in [0, 0.05) is 4.47 Å². The van der Waals surface area contributed by atoms with Crippen LogP contribution in [0, 0.1) is 0 Å². The van der Waals surface area contributed by atoms with Crippen LogP contribution in [-0.4, -0.2) is 4.98 Å². The van der Waals surface area contributed by atoms with Gasteiger partial charge in [0.2, 0.25) is 0 Å². The molecule has 0 unspecified atom stereocenters. The van der Waals surface area contributed by atoms with Crippen molar-refractivity contribution in [3.8, 4) is 0 Å². The van der Waals surface area contributed by atoms with E-state index in [0.717, 1.165) is 6.07 Å². The summed E-state index contributed by atoms with van der Waals surface area (Å²) < 4.78 is 37.5. The van der Waals surface area contributed by atoms with Crippen molar-refractivity contribution in [1.29, 1.82) is 0 Å². The fourth-order valence-electron chi connectivity index (χ4n) is 1.02. The first kappa shape index (κ1) is 11.5. The maximum atomic E-state index is 12.3. The Morgan fingerprint density at radius 2 is 1.86 bits per heavy atom. The molecule has 1 aromatic rings. The van der Waals surface area contributed by atoms with Crippen molar-refractivity contribution in [3.05, 3.63) is 28.0 Å². The third-order valence-electron chi connectivity index (χ3n) is 1.71. The minimum absolute atomic E-state index is 0.0355. The van der Waals surface area contributed by atoms with E-state index in [-0.39, 0.29) is 5.92 Å². The van der Waals surface area contributed by atoms with Crippen molar-refractivity contribution in [2.24, 2.45) is 0 Å². The van der Waals surface area contributed by atoms with Crippen LogP contribution < -0.4 is 0 Å². The quantitative estimate of drug-likeness (QED) is 0.750. The molecule has 0 aliphatic heterocycles. The van der Waals surface area contributed by atoms with Crippen LogP contribution in [0.3, 0.4) is 0 Å². The first-order valence-electron chi connectivity index (χ1n) is 4.06. The molecule has 0 fully saturated rings. The summed E-state index contributed by atoms with van der Waals surface area (Å²) in [6.45, 7) is 3.60. The third-order valence-corrected chi connectivity index (χ3v) is 2.38. The molecule has 0 radical (unpaired) electrons. The molecule has 0 atom stereocenters. The van der Waals surface area contributed by atoms with E-state index in [2.05, 4.69) is 20.9 Å². The Morgan fingerprint density at radius 1 is 1.29 bits per heavy atom. The van der Waals surface area contributed by atoms with Gasteiger partial charge in [-0.05, 0) is 34.0 Å². The molecule has 5 heteroatoms. The molecule has 0 bridgehead atoms. The Balaban J connectivity index is 3.20. The number of hydrogen-bond acceptors (Lipinski definition) is 1. The van der Waals surface area contributed by atoms with E-state index in [4.69, 9.17) is 0 Å². The van der Waals surface area contributed by atoms with E-state index in [9.17, 15) is 13.2 Å². The molecular weight excluding hydrogens is 259 g/mol. The Bertz CT molecular complexity index is 333. The summed E-state index contributed by atoms with van der Waals surface area (Å²) in [7, 11) is 0. The summed E-state index contributed by atoms with van der Waals surface area (Å²) in [5, 5.41) is 0. The maximum Gasteiger partial charge on any atom is 0.433 e. The van der Waals surface area contributed by atoms with Gasteiger partial charge >= 0.3 is 6.18 Å². The number of nitrogens with zero attached hydrogens (tertiary/aromatic N) is 1. The number of hydrogen-bond donors (Lipinski definition) is 0. The lowest BCUT2D eigenvalue weighted by Crippen LogP contribution is -2.10. The van der Waals surface area contributed by atoms with Gasteiger partial charge in [-0.15, -0.1) is 0 Å². The molecule has 78 valence electrons. The second-order valence-electron chi connectivity index (χ2n) is 3.22. The normalized spacial score (nSPS) is 12.2. The summed E-state index contributed by atoms with van der Waals surface area (Å²) in [6, 6.07) is 2.35. The Labute approximate surface area is 88.5 Å². The molecule has 0 aliphatic carbocycles. The maximum absolute atomic E-state index is 12.3. The minimum atomic E-state index is -4.37. The third kappa shape index (κ3) is 2.47. The summed E-state index contributed by atoms with van der Waals surface area (Å²) in [5.41, 5.74) is -0.413. The molecule has 1 aromatic heterocycles. The molecule has 0 spiro atoms. The fraction of sp³-hybridized carbons (Fsp3) is 0.444. The second kappa shape index (κ2) is 3.88. The standard InChI is InChI=1S/C9H9BrF3N/c1-5(2)8-6(10)3-4-7(14-8)9(11,12)13/h3-5H,1-2H3. The summed E-state index contributed by atoms with van der Waals surface area (Å²) in [5.74, 6) is -0.0355. The van der Waals surface area contributed by atoms with Crippen LogP contribution >= 0.6 is 15.9 Å². The van der Waals surface area contributed by atoms with Crippen molar-refractivity contribution in [3.63, 3.8) is 0 Å². The van der Waals surface area contributed by atoms with E-state index in [0.29, 0.717) is 10.2 Å². The topological polar surface area (TPSA) is 12.9 Å². The van der Waals surface area contributed by atoms with Gasteiger partial charge in [0.25, 0.3) is 0 Å². The van der Waals surface area contributed by atoms with Crippen LogP contribution in [0.15, 0.2) is 16.6 Å². The van der Waals surface area contributed by atoms with Crippen LogP contribution in [0.5, 0.6) is 0 Å². The van der Waals surface area contributed by atoms with Crippen LogP contribution in [0.4, 0.5) is 13.2 Å². The summed E-state index contributed by atoms with van der Waals surface area (Å²) in [6.07, 6.45) is -4.37. The van der Waals surface area contributed by atoms with Crippen molar-refractivity contribution < 1.29 is 13.2 Å². The summed E-state index contributed by atoms with van der Waals surface area (Å²) >= 11 is 3.17. The van der Waals surface area contributed by atoms with Crippen LogP contribution in [-0.2, 0) is 6.18 Å². The molecule has 0 saturated carbocycles. The van der Waals surface area contributed by atoms with Crippen molar-refractivity contribution >= 4 is 15.9 Å². The fourth-order valence-corrected chi connectivity index (χ4v) is 1.70. The van der Waals surface area contributed by atoms with E-state index in [1.165, 1.54) is 6.07 Å². The highest BCUT2D eigenvalue weighted by molar-refractivity contribution is 9.10. The lowest BCUT2D eigenvalue weighted by Gasteiger charge is -2.11. The molecule has 14 heavy (non-hydrogen) atoms. The molecule has 1 rings (SSSR count). The molecule has 0 aromatic carbocycles. The van der Waals surface area contributed by atoms with Gasteiger partial charge < -0.3 is 0 Å². The molecule has 1 nitrogen and oxygen atoms in total. The first-order chi connectivity index (χ1) is 6.32. The zero-order valence-corrected chi connectivity index (χ0v) is 9.28. The van der Waals surface area contributed by atoms with Gasteiger partial charge in [0.1, 0.15) is 5.69 Å². The largest absolute Gasteiger partial charge is 0.433 e. The van der Waals surface area contributed by atoms with Gasteiger partial charge in [-0.3, -0.25) is 0 Å². The lowest BCUT2D eigenvalue weighted by molar-refractivity contribution is -0.141. The van der Waals surface area contributed by atoms with E-state index < -0.39 is 11.9 Å². The molecule has 1 heterocycles. The molecule has 0 amide bonds. The van der Waals surface area contributed by atoms with Gasteiger partial charge in [-0.25, -0.2) is 4.98 Å². The number of alkyl halides is 3. The molecule has 0 aliphatic rings. The van der Waals surface area contributed by atoms with E-state index in [1.54, 1.807) is 13.8 Å². The van der Waals surface area contributed by atoms with Crippen LogP contribution in [0.2, 0.25) is 0 Å². The van der Waals surface area contributed by atoms with Gasteiger partial charge in [0.05, 0.1) is 5.69 Å². The lowest BCUT2D eigenvalue weighted by atomic mass is 10.1. The van der Waals surface area contributed by atoms with Crippen LogP contribution in [0.25, 0.3) is 0 Å². The smallest absolute Gasteiger partial charge is 0.247 e. The predicted molar refractivity (Wildman–Crippen MR) is 51.0 cm³/mol. The zero-order chi connectivity index (χ0) is 10.9. The highest BCUT2D eigenvalue weighted by Gasteiger charge is 2.33. The monoisotopic (exact) mass is 267 g/mol. The number of rotatable bonds is 1. The second-order valence-corrected chi connectivity index (χ2v) is 4.07. The predicted octanol–water partition coefficient (Wildman–Crippen LogP) is 3.99. The minimum Gasteiger partial charge on any atom is -0.247 e. The van der Waals surface area contributed by atoms with Crippen LogP contribution in [0.1, 0.15) is 31.2 Å². The average molecular weight is 268 g/mol. The highest BCUT2D eigenvalue weighted by Crippen LogP contribution is 2.31. The van der Waals surface area contributed by atoms with Gasteiger partial charge in [0.15, 0.2) is 0 Å². The summed E-state index contributed by atoms with van der Waals surface area (Å²) in [4.78, 5) is 3.57. The average Bonchev–Trinajstić information content (AvgIpc) is 2.02. The number of halogens is 4. The Kier molecular flexibility index (Phi) is 3.19. The van der Waals surface area contributed by atoms with Crippen molar-refractivity contribution in [1.82, 2.24) is 4.98 Å².